The van der Waals surface area contributed by atoms with Crippen LogP contribution in [0.25, 0.3) is 5.78 Å². The van der Waals surface area contributed by atoms with Crippen LogP contribution in [0.3, 0.4) is 0 Å². The van der Waals surface area contributed by atoms with E-state index in [4.69, 9.17) is 0 Å². The van der Waals surface area contributed by atoms with Gasteiger partial charge in [0.1, 0.15) is 0 Å². The lowest BCUT2D eigenvalue weighted by Crippen LogP contribution is -2.32. The molecule has 0 atom stereocenters. The first-order chi connectivity index (χ1) is 11.2. The van der Waals surface area contributed by atoms with Gasteiger partial charge in [0.15, 0.2) is 0 Å². The Labute approximate surface area is 137 Å². The molecule has 3 heterocycles. The summed E-state index contributed by atoms with van der Waals surface area (Å²) >= 11 is 1.78. The van der Waals surface area contributed by atoms with Gasteiger partial charge in [0, 0.05) is 23.3 Å². The zero-order chi connectivity index (χ0) is 15.8. The number of nitrogens with zero attached hydrogens (tertiary/aromatic N) is 5. The number of fused-ring (bicyclic) bond motifs is 2. The molecule has 1 aromatic carbocycles. The molecule has 7 heteroatoms. The van der Waals surface area contributed by atoms with Gasteiger partial charge in [-0.2, -0.15) is 4.98 Å². The minimum absolute atomic E-state index is 0.176. The summed E-state index contributed by atoms with van der Waals surface area (Å²) in [4.78, 5) is 24.3. The van der Waals surface area contributed by atoms with E-state index >= 15 is 0 Å². The second-order valence-corrected chi connectivity index (χ2v) is 6.50. The maximum Gasteiger partial charge on any atom is 0.298 e. The van der Waals surface area contributed by atoms with Gasteiger partial charge in [-0.25, -0.2) is 9.50 Å². The normalized spacial score (nSPS) is 14.6. The Morgan fingerprint density at radius 2 is 2.13 bits per heavy atom. The fraction of sp³-hybridized carbons (Fsp3) is 0.250. The second-order valence-electron chi connectivity index (χ2n) is 5.36. The number of thioether (sulfide) groups is 1. The Hall–Kier alpha value is -2.41. The number of benzene rings is 1. The molecule has 0 radical (unpaired) electrons. The summed E-state index contributed by atoms with van der Waals surface area (Å²) < 4.78 is 1.60. The smallest absolute Gasteiger partial charge is 0.298 e. The molecule has 0 aliphatic carbocycles. The van der Waals surface area contributed by atoms with Gasteiger partial charge < -0.3 is 4.90 Å². The highest BCUT2D eigenvalue weighted by Gasteiger charge is 2.25. The van der Waals surface area contributed by atoms with Crippen molar-refractivity contribution in [3.63, 3.8) is 0 Å². The second kappa shape index (κ2) is 5.66. The number of aryl methyl sites for hydroxylation is 1. The predicted octanol–water partition coefficient (Wildman–Crippen LogP) is 2.58. The molecular weight excluding hydrogens is 310 g/mol. The van der Waals surface area contributed by atoms with Gasteiger partial charge in [-0.3, -0.25) is 4.79 Å². The van der Waals surface area contributed by atoms with Crippen LogP contribution in [0.1, 0.15) is 22.7 Å². The standard InChI is InChI=1S/C16H15N5OS/c1-11-7-8-17-16-18-14(19-21(11)16)15(22)20-9-4-10-23-13-6-3-2-5-12(13)20/h2-3,5-8H,4,9-10H2,1H3. The first kappa shape index (κ1) is 14.2. The Balaban J connectivity index is 1.77. The van der Waals surface area contributed by atoms with E-state index in [2.05, 4.69) is 21.1 Å². The summed E-state index contributed by atoms with van der Waals surface area (Å²) in [5.41, 5.74) is 1.83. The number of hydrogen-bond donors (Lipinski definition) is 0. The zero-order valence-corrected chi connectivity index (χ0v) is 13.5. The number of rotatable bonds is 1. The van der Waals surface area contributed by atoms with Gasteiger partial charge in [-0.15, -0.1) is 16.9 Å². The van der Waals surface area contributed by atoms with E-state index in [9.17, 15) is 4.79 Å². The number of anilines is 1. The molecule has 0 spiro atoms. The molecule has 0 unspecified atom stereocenters. The third kappa shape index (κ3) is 2.46. The van der Waals surface area contributed by atoms with Gasteiger partial charge in [0.2, 0.25) is 5.82 Å². The number of carbonyl (C=O) groups is 1. The lowest BCUT2D eigenvalue weighted by molar-refractivity contribution is 0.0977. The molecule has 116 valence electrons. The molecule has 2 aromatic heterocycles. The van der Waals surface area contributed by atoms with Crippen molar-refractivity contribution in [1.29, 1.82) is 0 Å². The number of para-hydroxylation sites is 1. The number of amides is 1. The van der Waals surface area contributed by atoms with E-state index in [1.807, 2.05) is 31.2 Å². The van der Waals surface area contributed by atoms with Crippen LogP contribution in [-0.2, 0) is 0 Å². The molecule has 3 aromatic rings. The maximum atomic E-state index is 12.9. The predicted molar refractivity (Wildman–Crippen MR) is 89.0 cm³/mol. The summed E-state index contributed by atoms with van der Waals surface area (Å²) in [7, 11) is 0. The van der Waals surface area contributed by atoms with Gasteiger partial charge >= 0.3 is 0 Å². The van der Waals surface area contributed by atoms with Crippen molar-refractivity contribution in [2.75, 3.05) is 17.2 Å². The first-order valence-electron chi connectivity index (χ1n) is 7.46. The first-order valence-corrected chi connectivity index (χ1v) is 8.45. The summed E-state index contributed by atoms with van der Waals surface area (Å²) in [6.45, 7) is 2.58. The Morgan fingerprint density at radius 3 is 3.00 bits per heavy atom. The highest BCUT2D eigenvalue weighted by molar-refractivity contribution is 7.99. The molecule has 0 bridgehead atoms. The minimum atomic E-state index is -0.176. The van der Waals surface area contributed by atoms with E-state index in [0.29, 0.717) is 12.3 Å². The molecule has 1 aliphatic rings. The van der Waals surface area contributed by atoms with E-state index in [1.54, 1.807) is 27.4 Å². The van der Waals surface area contributed by atoms with E-state index in [0.717, 1.165) is 28.5 Å². The maximum absolute atomic E-state index is 12.9. The Kier molecular flexibility index (Phi) is 3.49. The number of carbonyl (C=O) groups excluding carboxylic acids is 1. The van der Waals surface area contributed by atoms with Gasteiger partial charge in [-0.05, 0) is 37.3 Å². The Bertz CT molecular complexity index is 891. The van der Waals surface area contributed by atoms with Crippen molar-refractivity contribution in [2.45, 2.75) is 18.2 Å². The van der Waals surface area contributed by atoms with E-state index < -0.39 is 0 Å². The molecule has 0 fully saturated rings. The molecule has 0 saturated carbocycles. The number of hydrogen-bond acceptors (Lipinski definition) is 5. The lowest BCUT2D eigenvalue weighted by Gasteiger charge is -2.20. The SMILES string of the molecule is Cc1ccnc2nc(C(=O)N3CCCSc4ccccc43)nn12. The van der Waals surface area contributed by atoms with Crippen LogP contribution in [0.2, 0.25) is 0 Å². The quantitative estimate of drug-likeness (QED) is 0.688. The number of aromatic nitrogens is 4. The van der Waals surface area contributed by atoms with Crippen molar-refractivity contribution in [1.82, 2.24) is 19.6 Å². The van der Waals surface area contributed by atoms with Gasteiger partial charge in [-0.1, -0.05) is 12.1 Å². The molecule has 23 heavy (non-hydrogen) atoms. The molecule has 0 N–H and O–H groups in total. The highest BCUT2D eigenvalue weighted by Crippen LogP contribution is 2.34. The van der Waals surface area contributed by atoms with Crippen molar-refractivity contribution in [3.8, 4) is 0 Å². The van der Waals surface area contributed by atoms with Crippen molar-refractivity contribution >= 4 is 29.1 Å². The Morgan fingerprint density at radius 1 is 1.26 bits per heavy atom. The van der Waals surface area contributed by atoms with Crippen LogP contribution >= 0.6 is 11.8 Å². The monoisotopic (exact) mass is 325 g/mol. The van der Waals surface area contributed by atoms with Crippen molar-refractivity contribution in [2.24, 2.45) is 0 Å². The van der Waals surface area contributed by atoms with Crippen LogP contribution in [0, 0.1) is 6.92 Å². The minimum Gasteiger partial charge on any atom is -0.304 e. The van der Waals surface area contributed by atoms with Crippen molar-refractivity contribution < 1.29 is 4.79 Å². The average Bonchev–Trinajstić information content (AvgIpc) is 2.89. The molecular formula is C16H15N5OS. The molecule has 6 nitrogen and oxygen atoms in total. The fourth-order valence-electron chi connectivity index (χ4n) is 2.66. The fourth-order valence-corrected chi connectivity index (χ4v) is 3.65. The van der Waals surface area contributed by atoms with Gasteiger partial charge in [0.05, 0.1) is 5.69 Å². The van der Waals surface area contributed by atoms with Crippen LogP contribution in [0.5, 0.6) is 0 Å². The molecule has 1 aliphatic heterocycles. The van der Waals surface area contributed by atoms with Crippen LogP contribution in [-0.4, -0.2) is 37.8 Å². The molecule has 0 saturated heterocycles. The third-order valence-corrected chi connectivity index (χ3v) is 4.96. The average molecular weight is 325 g/mol. The van der Waals surface area contributed by atoms with Gasteiger partial charge in [0.25, 0.3) is 11.7 Å². The summed E-state index contributed by atoms with van der Waals surface area (Å²) in [5, 5.41) is 4.34. The van der Waals surface area contributed by atoms with Crippen LogP contribution in [0.15, 0.2) is 41.4 Å². The summed E-state index contributed by atoms with van der Waals surface area (Å²) in [6, 6.07) is 9.82. The van der Waals surface area contributed by atoms with Crippen LogP contribution < -0.4 is 4.90 Å². The topological polar surface area (TPSA) is 63.4 Å². The largest absolute Gasteiger partial charge is 0.304 e. The third-order valence-electron chi connectivity index (χ3n) is 3.81. The summed E-state index contributed by atoms with van der Waals surface area (Å²) in [6.07, 6.45) is 2.61. The van der Waals surface area contributed by atoms with Crippen molar-refractivity contribution in [3.05, 3.63) is 48.0 Å². The molecule has 1 amide bonds. The van der Waals surface area contributed by atoms with Crippen LogP contribution in [0.4, 0.5) is 5.69 Å². The van der Waals surface area contributed by atoms with E-state index in [-0.39, 0.29) is 11.7 Å². The summed E-state index contributed by atoms with van der Waals surface area (Å²) in [5.74, 6) is 1.46. The highest BCUT2D eigenvalue weighted by atomic mass is 32.2. The lowest BCUT2D eigenvalue weighted by atomic mass is 10.2. The zero-order valence-electron chi connectivity index (χ0n) is 12.6. The molecule has 4 rings (SSSR count). The van der Waals surface area contributed by atoms with E-state index in [1.165, 1.54) is 0 Å².